The zero-order chi connectivity index (χ0) is 16.6. The number of halogens is 2. The van der Waals surface area contributed by atoms with Crippen LogP contribution in [-0.2, 0) is 4.79 Å². The quantitative estimate of drug-likeness (QED) is 0.205. The Morgan fingerprint density at radius 2 is 1.18 bits per heavy atom. The Morgan fingerprint density at radius 1 is 0.773 bits per heavy atom. The van der Waals surface area contributed by atoms with Crippen molar-refractivity contribution in [3.8, 4) is 0 Å². The molecule has 0 aromatic carbocycles. The summed E-state index contributed by atoms with van der Waals surface area (Å²) >= 11 is 7.64. The average molecular weight is 442 g/mol. The average Bonchev–Trinajstić information content (AvgIpc) is 2.49. The van der Waals surface area contributed by atoms with Crippen LogP contribution in [-0.4, -0.2) is 20.7 Å². The maximum Gasteiger partial charge on any atom is 0.303 e. The van der Waals surface area contributed by atoms with E-state index in [1.165, 1.54) is 64.2 Å². The van der Waals surface area contributed by atoms with Crippen LogP contribution in [0.5, 0.6) is 0 Å². The van der Waals surface area contributed by atoms with E-state index in [-0.39, 0.29) is 0 Å². The molecule has 0 aliphatic carbocycles. The first-order valence-corrected chi connectivity index (χ1v) is 10.9. The van der Waals surface area contributed by atoms with Gasteiger partial charge in [-0.2, -0.15) is 0 Å². The van der Waals surface area contributed by atoms with Crippen molar-refractivity contribution in [2.75, 3.05) is 0 Å². The van der Waals surface area contributed by atoms with Gasteiger partial charge in [-0.1, -0.05) is 103 Å². The largest absolute Gasteiger partial charge is 0.481 e. The fourth-order valence-corrected chi connectivity index (χ4v) is 3.80. The molecule has 0 spiro atoms. The van der Waals surface area contributed by atoms with E-state index < -0.39 is 5.97 Å². The van der Waals surface area contributed by atoms with Crippen LogP contribution < -0.4 is 0 Å². The van der Waals surface area contributed by atoms with Gasteiger partial charge in [0.2, 0.25) is 0 Å². The smallest absolute Gasteiger partial charge is 0.303 e. The van der Waals surface area contributed by atoms with E-state index in [4.69, 9.17) is 5.11 Å². The Bertz CT molecular complexity index is 259. The molecular formula is C18H34Br2O2. The Balaban J connectivity index is 3.38. The third kappa shape index (κ3) is 15.3. The summed E-state index contributed by atoms with van der Waals surface area (Å²) in [5.74, 6) is -0.669. The molecule has 0 unspecified atom stereocenters. The first-order valence-electron chi connectivity index (χ1n) is 9.07. The Morgan fingerprint density at radius 3 is 1.64 bits per heavy atom. The van der Waals surface area contributed by atoms with Crippen molar-refractivity contribution < 1.29 is 9.90 Å². The van der Waals surface area contributed by atoms with Gasteiger partial charge in [-0.15, -0.1) is 0 Å². The summed E-state index contributed by atoms with van der Waals surface area (Å²) in [6.07, 6.45) is 16.5. The summed E-state index contributed by atoms with van der Waals surface area (Å²) in [4.78, 5) is 11.6. The molecule has 132 valence electrons. The molecule has 0 aromatic heterocycles. The molecule has 0 saturated carbocycles. The normalized spacial score (nSPS) is 14.0. The maximum absolute atomic E-state index is 10.4. The van der Waals surface area contributed by atoms with Crippen LogP contribution in [0.15, 0.2) is 0 Å². The first kappa shape index (κ1) is 22.4. The Labute approximate surface area is 154 Å². The SMILES string of the molecule is CCCCCCCC[C@H](Br)[C@@H](Br)CCCCCCCC(=O)O. The van der Waals surface area contributed by atoms with Crippen LogP contribution >= 0.6 is 31.9 Å². The lowest BCUT2D eigenvalue weighted by molar-refractivity contribution is -0.137. The third-order valence-electron chi connectivity index (χ3n) is 4.10. The molecule has 0 bridgehead atoms. The monoisotopic (exact) mass is 440 g/mol. The van der Waals surface area contributed by atoms with E-state index in [9.17, 15) is 4.79 Å². The molecule has 2 nitrogen and oxygen atoms in total. The van der Waals surface area contributed by atoms with Crippen molar-refractivity contribution in [3.05, 3.63) is 0 Å². The first-order chi connectivity index (χ1) is 10.6. The number of alkyl halides is 2. The summed E-state index contributed by atoms with van der Waals surface area (Å²) in [6, 6.07) is 0. The third-order valence-corrected chi connectivity index (χ3v) is 7.00. The minimum atomic E-state index is -0.669. The molecule has 1 N–H and O–H groups in total. The van der Waals surface area contributed by atoms with Crippen LogP contribution in [0.4, 0.5) is 0 Å². The van der Waals surface area contributed by atoms with E-state index in [0.29, 0.717) is 16.1 Å². The molecule has 0 aromatic rings. The second kappa shape index (κ2) is 16.3. The minimum Gasteiger partial charge on any atom is -0.481 e. The molecule has 0 rings (SSSR count). The van der Waals surface area contributed by atoms with Gasteiger partial charge >= 0.3 is 5.97 Å². The number of carbonyl (C=O) groups is 1. The van der Waals surface area contributed by atoms with Gasteiger partial charge in [0.15, 0.2) is 0 Å². The lowest BCUT2D eigenvalue weighted by Gasteiger charge is -2.16. The molecule has 0 amide bonds. The lowest BCUT2D eigenvalue weighted by atomic mass is 10.0. The van der Waals surface area contributed by atoms with E-state index in [0.717, 1.165) is 19.3 Å². The molecule has 0 saturated heterocycles. The van der Waals surface area contributed by atoms with Crippen LogP contribution in [0.25, 0.3) is 0 Å². The van der Waals surface area contributed by atoms with Crippen molar-refractivity contribution in [1.82, 2.24) is 0 Å². The van der Waals surface area contributed by atoms with Gasteiger partial charge in [-0.3, -0.25) is 4.79 Å². The highest BCUT2D eigenvalue weighted by Crippen LogP contribution is 2.25. The van der Waals surface area contributed by atoms with E-state index >= 15 is 0 Å². The van der Waals surface area contributed by atoms with E-state index in [1.807, 2.05) is 0 Å². The summed E-state index contributed by atoms with van der Waals surface area (Å²) < 4.78 is 0. The predicted molar refractivity (Wildman–Crippen MR) is 103 cm³/mol. The van der Waals surface area contributed by atoms with Gasteiger partial charge in [0.25, 0.3) is 0 Å². The van der Waals surface area contributed by atoms with Crippen molar-refractivity contribution >= 4 is 37.8 Å². The highest BCUT2D eigenvalue weighted by molar-refractivity contribution is 9.12. The molecule has 0 fully saturated rings. The summed E-state index contributed by atoms with van der Waals surface area (Å²) in [5, 5.41) is 8.57. The van der Waals surface area contributed by atoms with Crippen molar-refractivity contribution in [2.24, 2.45) is 0 Å². The van der Waals surface area contributed by atoms with Gasteiger partial charge in [0.05, 0.1) is 0 Å². The number of carboxylic acids is 1. The Kier molecular flexibility index (Phi) is 16.6. The van der Waals surface area contributed by atoms with Crippen molar-refractivity contribution in [3.63, 3.8) is 0 Å². The van der Waals surface area contributed by atoms with Gasteiger partial charge < -0.3 is 5.11 Å². The van der Waals surface area contributed by atoms with Crippen molar-refractivity contribution in [1.29, 1.82) is 0 Å². The molecule has 0 aliphatic heterocycles. The van der Waals surface area contributed by atoms with Gasteiger partial charge in [-0.25, -0.2) is 0 Å². The fraction of sp³-hybridized carbons (Fsp3) is 0.944. The second-order valence-corrected chi connectivity index (χ2v) is 8.64. The van der Waals surface area contributed by atoms with Crippen LogP contribution in [0.1, 0.15) is 96.8 Å². The summed E-state index contributed by atoms with van der Waals surface area (Å²) in [6.45, 7) is 2.26. The topological polar surface area (TPSA) is 37.3 Å². The molecular weight excluding hydrogens is 408 g/mol. The number of hydrogen-bond donors (Lipinski definition) is 1. The van der Waals surface area contributed by atoms with E-state index in [1.54, 1.807) is 0 Å². The lowest BCUT2D eigenvalue weighted by Crippen LogP contribution is -2.13. The molecule has 2 atom stereocenters. The maximum atomic E-state index is 10.4. The highest BCUT2D eigenvalue weighted by Gasteiger charge is 2.14. The number of carboxylic acid groups (broad SMARTS) is 1. The minimum absolute atomic E-state index is 0.322. The van der Waals surface area contributed by atoms with Gasteiger partial charge in [-0.05, 0) is 19.3 Å². The van der Waals surface area contributed by atoms with Gasteiger partial charge in [0, 0.05) is 16.1 Å². The van der Waals surface area contributed by atoms with Crippen LogP contribution in [0, 0.1) is 0 Å². The number of rotatable bonds is 16. The van der Waals surface area contributed by atoms with Crippen LogP contribution in [0.3, 0.4) is 0 Å². The molecule has 22 heavy (non-hydrogen) atoms. The number of unbranched alkanes of at least 4 members (excludes halogenated alkanes) is 9. The second-order valence-electron chi connectivity index (χ2n) is 6.29. The molecule has 0 aliphatic rings. The number of aliphatic carboxylic acids is 1. The van der Waals surface area contributed by atoms with Crippen LogP contribution in [0.2, 0.25) is 0 Å². The van der Waals surface area contributed by atoms with Gasteiger partial charge in [0.1, 0.15) is 0 Å². The zero-order valence-electron chi connectivity index (χ0n) is 14.2. The molecule has 0 radical (unpaired) electrons. The highest BCUT2D eigenvalue weighted by atomic mass is 79.9. The fourth-order valence-electron chi connectivity index (χ4n) is 2.63. The van der Waals surface area contributed by atoms with Crippen molar-refractivity contribution in [2.45, 2.75) is 106 Å². The Hall–Kier alpha value is 0.430. The number of hydrogen-bond acceptors (Lipinski definition) is 1. The molecule has 4 heteroatoms. The summed E-state index contributed by atoms with van der Waals surface area (Å²) in [7, 11) is 0. The standard InChI is InChI=1S/C18H34Br2O2/c1-2-3-4-5-7-10-13-16(19)17(20)14-11-8-6-9-12-15-18(21)22/h16-17H,2-15H2,1H3,(H,21,22)/t16-,17-/m0/s1. The zero-order valence-corrected chi connectivity index (χ0v) is 17.3. The predicted octanol–water partition coefficient (Wildman–Crippen LogP) is 7.08. The molecule has 0 heterocycles. The van der Waals surface area contributed by atoms with E-state index in [2.05, 4.69) is 38.8 Å². The summed E-state index contributed by atoms with van der Waals surface area (Å²) in [5.41, 5.74) is 0.